The third-order valence-corrected chi connectivity index (χ3v) is 5.12. The normalized spacial score (nSPS) is 15.0. The van der Waals surface area contributed by atoms with Gasteiger partial charge in [0, 0.05) is 43.5 Å². The van der Waals surface area contributed by atoms with E-state index in [-0.39, 0.29) is 18.0 Å². The summed E-state index contributed by atoms with van der Waals surface area (Å²) in [5.74, 6) is -0.0278. The molecule has 3 amide bonds. The second-order valence-electron chi connectivity index (χ2n) is 7.83. The van der Waals surface area contributed by atoms with Crippen LogP contribution >= 0.6 is 0 Å². The van der Waals surface area contributed by atoms with Gasteiger partial charge in [0.1, 0.15) is 0 Å². The second-order valence-corrected chi connectivity index (χ2v) is 7.83. The summed E-state index contributed by atoms with van der Waals surface area (Å²) in [5, 5.41) is 5.55. The fourth-order valence-corrected chi connectivity index (χ4v) is 3.49. The molecule has 0 atom stereocenters. The van der Waals surface area contributed by atoms with Crippen LogP contribution in [-0.2, 0) is 0 Å². The van der Waals surface area contributed by atoms with Crippen LogP contribution in [0.2, 0.25) is 0 Å². The van der Waals surface area contributed by atoms with Crippen molar-refractivity contribution in [3.05, 3.63) is 29.8 Å². The molecule has 6 nitrogen and oxygen atoms in total. The van der Waals surface area contributed by atoms with Crippen LogP contribution in [0.5, 0.6) is 0 Å². The molecule has 2 N–H and O–H groups in total. The van der Waals surface area contributed by atoms with E-state index in [4.69, 9.17) is 0 Å². The second kappa shape index (κ2) is 10.3. The summed E-state index contributed by atoms with van der Waals surface area (Å²) < 4.78 is 0. The van der Waals surface area contributed by atoms with Gasteiger partial charge in [-0.25, -0.2) is 4.79 Å². The monoisotopic (exact) mass is 374 g/mol. The van der Waals surface area contributed by atoms with Crippen LogP contribution in [0.25, 0.3) is 0 Å². The topological polar surface area (TPSA) is 64.7 Å². The van der Waals surface area contributed by atoms with Gasteiger partial charge in [-0.05, 0) is 51.9 Å². The highest BCUT2D eigenvalue weighted by molar-refractivity contribution is 5.96. The number of nitrogens with one attached hydrogen (secondary N) is 2. The van der Waals surface area contributed by atoms with Crippen LogP contribution in [0.1, 0.15) is 56.3 Å². The van der Waals surface area contributed by atoms with E-state index in [0.29, 0.717) is 23.8 Å². The van der Waals surface area contributed by atoms with Gasteiger partial charge in [0.15, 0.2) is 0 Å². The predicted octanol–water partition coefficient (Wildman–Crippen LogP) is 3.55. The number of rotatable bonds is 7. The number of urea groups is 1. The average Bonchev–Trinajstić information content (AvgIpc) is 2.65. The van der Waals surface area contributed by atoms with Gasteiger partial charge in [-0.2, -0.15) is 0 Å². The Morgan fingerprint density at radius 3 is 2.48 bits per heavy atom. The minimum atomic E-state index is -0.267. The quantitative estimate of drug-likeness (QED) is 0.767. The van der Waals surface area contributed by atoms with Gasteiger partial charge in [-0.1, -0.05) is 25.3 Å². The molecule has 0 aromatic heterocycles. The van der Waals surface area contributed by atoms with Crippen LogP contribution in [0, 0.1) is 0 Å². The molecule has 6 heteroatoms. The zero-order chi connectivity index (χ0) is 19.8. The summed E-state index contributed by atoms with van der Waals surface area (Å²) in [5.41, 5.74) is 1.20. The summed E-state index contributed by atoms with van der Waals surface area (Å²) in [7, 11) is 3.99. The molecule has 0 radical (unpaired) electrons. The lowest BCUT2D eigenvalue weighted by Gasteiger charge is -2.32. The largest absolute Gasteiger partial charge is 0.340 e. The van der Waals surface area contributed by atoms with E-state index in [0.717, 1.165) is 6.54 Å². The Morgan fingerprint density at radius 2 is 1.81 bits per heavy atom. The molecular weight excluding hydrogens is 340 g/mol. The average molecular weight is 375 g/mol. The zero-order valence-electron chi connectivity index (χ0n) is 17.1. The van der Waals surface area contributed by atoms with E-state index < -0.39 is 0 Å². The first-order chi connectivity index (χ1) is 12.9. The summed E-state index contributed by atoms with van der Waals surface area (Å²) in [6, 6.07) is 7.53. The van der Waals surface area contributed by atoms with Gasteiger partial charge >= 0.3 is 6.03 Å². The van der Waals surface area contributed by atoms with Gasteiger partial charge in [-0.15, -0.1) is 0 Å². The van der Waals surface area contributed by atoms with Crippen LogP contribution in [0.3, 0.4) is 0 Å². The highest BCUT2D eigenvalue weighted by Gasteiger charge is 2.19. The van der Waals surface area contributed by atoms with Crippen LogP contribution in [0.4, 0.5) is 10.5 Å². The molecule has 1 aromatic carbocycles. The Hall–Kier alpha value is -2.08. The highest BCUT2D eigenvalue weighted by Crippen LogP contribution is 2.21. The molecule has 1 fully saturated rings. The molecule has 0 unspecified atom stereocenters. The van der Waals surface area contributed by atoms with Crippen molar-refractivity contribution in [2.45, 2.75) is 58.0 Å². The molecule has 0 saturated heterocycles. The van der Waals surface area contributed by atoms with Crippen LogP contribution < -0.4 is 10.6 Å². The molecule has 1 saturated carbocycles. The van der Waals surface area contributed by atoms with Gasteiger partial charge in [0.05, 0.1) is 0 Å². The smallest absolute Gasteiger partial charge is 0.319 e. The number of amides is 3. The van der Waals surface area contributed by atoms with Gasteiger partial charge < -0.3 is 20.4 Å². The van der Waals surface area contributed by atoms with E-state index in [1.165, 1.54) is 32.1 Å². The molecule has 150 valence electrons. The first kappa shape index (κ1) is 21.2. The Labute approximate surface area is 163 Å². The Bertz CT molecular complexity index is 626. The molecule has 0 bridgehead atoms. The van der Waals surface area contributed by atoms with E-state index >= 15 is 0 Å². The maximum atomic E-state index is 12.7. The van der Waals surface area contributed by atoms with Crippen molar-refractivity contribution in [3.63, 3.8) is 0 Å². The van der Waals surface area contributed by atoms with Crippen molar-refractivity contribution in [3.8, 4) is 0 Å². The Morgan fingerprint density at radius 1 is 1.11 bits per heavy atom. The molecule has 27 heavy (non-hydrogen) atoms. The number of hydrogen-bond acceptors (Lipinski definition) is 3. The van der Waals surface area contributed by atoms with Crippen LogP contribution in [0.15, 0.2) is 24.3 Å². The summed E-state index contributed by atoms with van der Waals surface area (Å²) >= 11 is 0. The van der Waals surface area contributed by atoms with Crippen molar-refractivity contribution in [1.82, 2.24) is 15.1 Å². The molecule has 1 aliphatic carbocycles. The maximum absolute atomic E-state index is 12.7. The summed E-state index contributed by atoms with van der Waals surface area (Å²) in [4.78, 5) is 28.7. The summed E-state index contributed by atoms with van der Waals surface area (Å²) in [6.45, 7) is 5.37. The minimum Gasteiger partial charge on any atom is -0.340 e. The molecule has 1 aromatic rings. The fraction of sp³-hybridized carbons (Fsp3) is 0.619. The third kappa shape index (κ3) is 6.86. The van der Waals surface area contributed by atoms with Crippen molar-refractivity contribution in [2.24, 2.45) is 0 Å². The van der Waals surface area contributed by atoms with Gasteiger partial charge in [0.2, 0.25) is 0 Å². The number of hydrogen-bond donors (Lipinski definition) is 2. The van der Waals surface area contributed by atoms with E-state index in [9.17, 15) is 9.59 Å². The van der Waals surface area contributed by atoms with Gasteiger partial charge in [-0.3, -0.25) is 4.79 Å². The lowest BCUT2D eigenvalue weighted by Crippen LogP contribution is -2.40. The highest BCUT2D eigenvalue weighted by atomic mass is 16.2. The number of nitrogens with zero attached hydrogens (tertiary/aromatic N) is 2. The fourth-order valence-electron chi connectivity index (χ4n) is 3.49. The number of carbonyl (C=O) groups is 2. The Kier molecular flexibility index (Phi) is 8.10. The SMILES string of the molecule is CC(C)NC(=O)Nc1cccc(C(=O)N(C)CCN(C)C2CCCCC2)c1. The number of anilines is 1. The molecule has 1 aliphatic rings. The summed E-state index contributed by atoms with van der Waals surface area (Å²) in [6.07, 6.45) is 6.50. The number of carbonyl (C=O) groups excluding carboxylic acids is 2. The number of benzene rings is 1. The molecule has 2 rings (SSSR count). The van der Waals surface area contributed by atoms with Crippen molar-refractivity contribution in [2.75, 3.05) is 32.5 Å². The molecular formula is C21H34N4O2. The van der Waals surface area contributed by atoms with E-state index in [1.807, 2.05) is 20.9 Å². The third-order valence-electron chi connectivity index (χ3n) is 5.12. The van der Waals surface area contributed by atoms with Crippen molar-refractivity contribution in [1.29, 1.82) is 0 Å². The first-order valence-electron chi connectivity index (χ1n) is 10.00. The molecule has 0 heterocycles. The predicted molar refractivity (Wildman–Crippen MR) is 110 cm³/mol. The van der Waals surface area contributed by atoms with Gasteiger partial charge in [0.25, 0.3) is 5.91 Å². The lowest BCUT2D eigenvalue weighted by molar-refractivity contribution is 0.0767. The molecule has 0 aliphatic heterocycles. The standard InChI is InChI=1S/C21H34N4O2/c1-16(2)22-21(27)23-18-10-8-9-17(15-18)20(26)25(4)14-13-24(3)19-11-6-5-7-12-19/h8-10,15-16,19H,5-7,11-14H2,1-4H3,(H2,22,23,27). The van der Waals surface area contributed by atoms with E-state index in [2.05, 4.69) is 22.6 Å². The Balaban J connectivity index is 1.88. The first-order valence-corrected chi connectivity index (χ1v) is 10.00. The number of likely N-dealkylation sites (N-methyl/N-ethyl adjacent to an activating group) is 2. The van der Waals surface area contributed by atoms with Crippen molar-refractivity contribution < 1.29 is 9.59 Å². The van der Waals surface area contributed by atoms with E-state index in [1.54, 1.807) is 29.2 Å². The minimum absolute atomic E-state index is 0.0278. The van der Waals surface area contributed by atoms with Crippen molar-refractivity contribution >= 4 is 17.6 Å². The maximum Gasteiger partial charge on any atom is 0.319 e. The zero-order valence-corrected chi connectivity index (χ0v) is 17.1. The van der Waals surface area contributed by atoms with Crippen LogP contribution in [-0.4, -0.2) is 61.0 Å². The molecule has 0 spiro atoms. The lowest BCUT2D eigenvalue weighted by atomic mass is 9.94.